The highest BCUT2D eigenvalue weighted by atomic mass is 35.5. The molecule has 2 aromatic carbocycles. The van der Waals surface area contributed by atoms with Crippen molar-refractivity contribution in [1.29, 1.82) is 0 Å². The van der Waals surface area contributed by atoms with E-state index in [0.717, 1.165) is 31.7 Å². The molecule has 0 spiro atoms. The van der Waals surface area contributed by atoms with Crippen LogP contribution in [-0.4, -0.2) is 35.2 Å². The van der Waals surface area contributed by atoms with Crippen LogP contribution in [0.25, 0.3) is 22.3 Å². The number of ether oxygens (including phenoxy) is 1. The summed E-state index contributed by atoms with van der Waals surface area (Å²) in [6.07, 6.45) is 8.38. The van der Waals surface area contributed by atoms with Gasteiger partial charge in [0.15, 0.2) is 5.75 Å². The zero-order valence-electron chi connectivity index (χ0n) is 24.2. The smallest absolute Gasteiger partial charge is 0.313 e. The standard InChI is InChI=1S/C16H13ClFN3O4.C13H10ClF2N3O3/c1-2-7-25-13-8-10(11(18)9-12(13)21(23)24)14-15(17)19-5-3-4-6-20(19)16(14)22;14-12-11(13(20)18-4-2-1-3-17(12)18)7-5-9(16)10(19(21)22)6-8(7)15/h1,8-9H,3-7H2;5-6H,1-4H2. The molecular formula is C29H23Cl2F3N6O7. The zero-order chi connectivity index (χ0) is 34.2. The van der Waals surface area contributed by atoms with Crippen LogP contribution in [0, 0.1) is 50.0 Å². The number of rotatable bonds is 6. The van der Waals surface area contributed by atoms with Crippen molar-refractivity contribution in [3.63, 3.8) is 0 Å². The molecule has 0 radical (unpaired) electrons. The van der Waals surface area contributed by atoms with E-state index < -0.39 is 49.8 Å². The van der Waals surface area contributed by atoms with E-state index in [1.165, 1.54) is 14.0 Å². The first kappa shape index (κ1) is 33.4. The van der Waals surface area contributed by atoms with Crippen LogP contribution in [0.3, 0.4) is 0 Å². The molecule has 2 aliphatic rings. The van der Waals surface area contributed by atoms with Crippen molar-refractivity contribution >= 4 is 34.6 Å². The molecule has 18 heteroatoms. The van der Waals surface area contributed by atoms with Gasteiger partial charge in [0.2, 0.25) is 5.82 Å². The summed E-state index contributed by atoms with van der Waals surface area (Å²) in [4.78, 5) is 44.9. The first-order chi connectivity index (χ1) is 22.4. The highest BCUT2D eigenvalue weighted by Crippen LogP contribution is 2.37. The van der Waals surface area contributed by atoms with E-state index in [1.807, 2.05) is 0 Å². The van der Waals surface area contributed by atoms with Crippen molar-refractivity contribution in [1.82, 2.24) is 18.7 Å². The zero-order valence-corrected chi connectivity index (χ0v) is 25.7. The van der Waals surface area contributed by atoms with Crippen LogP contribution >= 0.6 is 23.2 Å². The van der Waals surface area contributed by atoms with E-state index in [-0.39, 0.29) is 44.9 Å². The van der Waals surface area contributed by atoms with Crippen molar-refractivity contribution < 1.29 is 27.8 Å². The average molecular weight is 695 g/mol. The molecule has 0 N–H and O–H groups in total. The molecule has 6 rings (SSSR count). The van der Waals surface area contributed by atoms with Crippen LogP contribution in [0.1, 0.15) is 25.7 Å². The minimum absolute atomic E-state index is 0.0110. The molecular weight excluding hydrogens is 672 g/mol. The molecule has 0 atom stereocenters. The molecule has 47 heavy (non-hydrogen) atoms. The summed E-state index contributed by atoms with van der Waals surface area (Å²) in [5, 5.41) is 21.8. The van der Waals surface area contributed by atoms with Crippen molar-refractivity contribution in [3.8, 4) is 40.3 Å². The first-order valence-electron chi connectivity index (χ1n) is 14.0. The summed E-state index contributed by atoms with van der Waals surface area (Å²) in [5.74, 6) is -1.24. The normalized spacial score (nSPS) is 13.5. The van der Waals surface area contributed by atoms with Crippen LogP contribution in [-0.2, 0) is 26.2 Å². The minimum Gasteiger partial charge on any atom is -0.474 e. The Hall–Kier alpha value is -5.01. The fourth-order valence-electron chi connectivity index (χ4n) is 5.49. The van der Waals surface area contributed by atoms with E-state index in [1.54, 1.807) is 4.68 Å². The van der Waals surface area contributed by atoms with E-state index in [9.17, 15) is 43.0 Å². The Morgan fingerprint density at radius 1 is 0.723 bits per heavy atom. The van der Waals surface area contributed by atoms with Crippen molar-refractivity contribution in [2.75, 3.05) is 6.61 Å². The second-order valence-corrected chi connectivity index (χ2v) is 11.2. The Balaban J connectivity index is 0.000000186. The summed E-state index contributed by atoms with van der Waals surface area (Å²) in [5.41, 5.74) is -3.26. The van der Waals surface area contributed by atoms with Crippen molar-refractivity contribution in [3.05, 3.63) is 93.0 Å². The van der Waals surface area contributed by atoms with Gasteiger partial charge in [-0.1, -0.05) is 29.1 Å². The molecule has 0 saturated carbocycles. The van der Waals surface area contributed by atoms with Gasteiger partial charge in [-0.2, -0.15) is 4.39 Å². The lowest BCUT2D eigenvalue weighted by Crippen LogP contribution is -2.27. The van der Waals surface area contributed by atoms with Crippen LogP contribution in [0.4, 0.5) is 24.5 Å². The second kappa shape index (κ2) is 13.4. The third kappa shape index (κ3) is 6.11. The van der Waals surface area contributed by atoms with E-state index >= 15 is 0 Å². The molecule has 2 aromatic heterocycles. The lowest BCUT2D eigenvalue weighted by molar-refractivity contribution is -0.387. The van der Waals surface area contributed by atoms with Gasteiger partial charge in [-0.3, -0.25) is 39.2 Å². The predicted molar refractivity (Wildman–Crippen MR) is 164 cm³/mol. The highest BCUT2D eigenvalue weighted by molar-refractivity contribution is 6.32. The third-order valence-corrected chi connectivity index (χ3v) is 8.42. The van der Waals surface area contributed by atoms with Gasteiger partial charge in [0.25, 0.3) is 11.1 Å². The monoisotopic (exact) mass is 694 g/mol. The van der Waals surface area contributed by atoms with Crippen LogP contribution in [0.5, 0.6) is 5.75 Å². The SMILES string of the molecule is C#CCOc1cc(-c2c(Cl)n3n(c2=O)CCCC3)c(F)cc1[N+](=O)[O-].O=c1c(-c2cc(F)c([N+](=O)[O-])cc2F)c(Cl)n2n1CCCC2. The molecule has 2 aliphatic heterocycles. The summed E-state index contributed by atoms with van der Waals surface area (Å²) in [6.45, 7) is 1.74. The molecule has 4 heterocycles. The number of nitrogens with zero attached hydrogens (tertiary/aromatic N) is 6. The van der Waals surface area contributed by atoms with E-state index in [2.05, 4.69) is 5.92 Å². The fourth-order valence-corrected chi connectivity index (χ4v) is 6.20. The molecule has 4 aromatic rings. The van der Waals surface area contributed by atoms with Gasteiger partial charge in [-0.15, -0.1) is 6.42 Å². The Morgan fingerprint density at radius 3 is 1.57 bits per heavy atom. The van der Waals surface area contributed by atoms with Crippen LogP contribution in [0.2, 0.25) is 10.3 Å². The number of benzene rings is 2. The maximum absolute atomic E-state index is 14.5. The number of hydrogen-bond acceptors (Lipinski definition) is 7. The largest absolute Gasteiger partial charge is 0.474 e. The summed E-state index contributed by atoms with van der Waals surface area (Å²) in [7, 11) is 0. The predicted octanol–water partition coefficient (Wildman–Crippen LogP) is 5.77. The minimum atomic E-state index is -1.22. The van der Waals surface area contributed by atoms with Crippen molar-refractivity contribution in [2.45, 2.75) is 51.9 Å². The molecule has 246 valence electrons. The van der Waals surface area contributed by atoms with Crippen LogP contribution < -0.4 is 15.9 Å². The molecule has 0 saturated heterocycles. The Bertz CT molecular complexity index is 2100. The number of fused-ring (bicyclic) bond motifs is 2. The van der Waals surface area contributed by atoms with Crippen molar-refractivity contribution in [2.24, 2.45) is 0 Å². The summed E-state index contributed by atoms with van der Waals surface area (Å²) in [6, 6.07) is 2.91. The lowest BCUT2D eigenvalue weighted by atomic mass is 10.1. The highest BCUT2D eigenvalue weighted by Gasteiger charge is 2.29. The molecule has 0 bridgehead atoms. The molecule has 0 amide bonds. The van der Waals surface area contributed by atoms with Gasteiger partial charge in [0.05, 0.1) is 33.1 Å². The van der Waals surface area contributed by atoms with Gasteiger partial charge in [-0.25, -0.2) is 18.1 Å². The lowest BCUT2D eigenvalue weighted by Gasteiger charge is -2.17. The quantitative estimate of drug-likeness (QED) is 0.141. The van der Waals surface area contributed by atoms with Gasteiger partial charge in [0.1, 0.15) is 28.5 Å². The first-order valence-corrected chi connectivity index (χ1v) is 14.8. The molecule has 13 nitrogen and oxygen atoms in total. The van der Waals surface area contributed by atoms with Crippen LogP contribution in [0.15, 0.2) is 33.9 Å². The van der Waals surface area contributed by atoms with Gasteiger partial charge in [-0.05, 0) is 37.8 Å². The number of aromatic nitrogens is 4. The number of nitro groups is 2. The maximum Gasteiger partial charge on any atom is 0.313 e. The average Bonchev–Trinajstić information content (AvgIpc) is 3.45. The topological polar surface area (TPSA) is 149 Å². The second-order valence-electron chi connectivity index (χ2n) is 10.4. The number of hydrogen-bond donors (Lipinski definition) is 0. The molecule has 0 unspecified atom stereocenters. The van der Waals surface area contributed by atoms with E-state index in [0.29, 0.717) is 44.4 Å². The molecule has 0 fully saturated rings. The Labute approximate surface area is 272 Å². The summed E-state index contributed by atoms with van der Waals surface area (Å²) < 4.78 is 53.4. The fraction of sp³-hybridized carbons (Fsp3) is 0.310. The van der Waals surface area contributed by atoms with Gasteiger partial charge >= 0.3 is 11.4 Å². The van der Waals surface area contributed by atoms with Gasteiger partial charge < -0.3 is 4.74 Å². The maximum atomic E-state index is 14.5. The van der Waals surface area contributed by atoms with E-state index in [4.69, 9.17) is 34.4 Å². The number of terminal acetylenes is 1. The number of nitro benzene ring substituents is 2. The van der Waals surface area contributed by atoms with Gasteiger partial charge in [0, 0.05) is 37.3 Å². The third-order valence-electron chi connectivity index (χ3n) is 7.65. The number of halogens is 5. The molecule has 0 aliphatic carbocycles. The Kier molecular flexibility index (Phi) is 9.50. The Morgan fingerprint density at radius 2 is 1.15 bits per heavy atom. The summed E-state index contributed by atoms with van der Waals surface area (Å²) >= 11 is 12.4.